The Balaban J connectivity index is 1.42. The van der Waals surface area contributed by atoms with Crippen molar-refractivity contribution in [2.45, 2.75) is 24.7 Å². The van der Waals surface area contributed by atoms with Gasteiger partial charge in [0.15, 0.2) is 0 Å². The van der Waals surface area contributed by atoms with Gasteiger partial charge in [0.05, 0.1) is 10.8 Å². The van der Waals surface area contributed by atoms with E-state index >= 15 is 0 Å². The number of rotatable bonds is 7. The van der Waals surface area contributed by atoms with E-state index in [4.69, 9.17) is 9.47 Å². The second kappa shape index (κ2) is 9.21. The third-order valence-corrected chi connectivity index (χ3v) is 6.70. The molecule has 1 aliphatic heterocycles. The Kier molecular flexibility index (Phi) is 6.70. The van der Waals surface area contributed by atoms with Crippen molar-refractivity contribution in [2.75, 3.05) is 26.3 Å². The summed E-state index contributed by atoms with van der Waals surface area (Å²) in [4.78, 5) is 12.5. The van der Waals surface area contributed by atoms with Gasteiger partial charge in [-0.2, -0.15) is 4.31 Å². The summed E-state index contributed by atoms with van der Waals surface area (Å²) in [5, 5.41) is 0. The zero-order chi connectivity index (χ0) is 20.0. The first-order valence-electron chi connectivity index (χ1n) is 9.38. The lowest BCUT2D eigenvalue weighted by Crippen LogP contribution is -2.40. The van der Waals surface area contributed by atoms with Crippen molar-refractivity contribution in [1.29, 1.82) is 0 Å². The molecule has 0 radical (unpaired) electrons. The summed E-state index contributed by atoms with van der Waals surface area (Å²) in [5.41, 5.74) is 1.15. The van der Waals surface area contributed by atoms with E-state index in [1.54, 1.807) is 30.3 Å². The maximum absolute atomic E-state index is 12.6. The van der Waals surface area contributed by atoms with Crippen LogP contribution in [0.5, 0.6) is 5.75 Å². The van der Waals surface area contributed by atoms with E-state index in [0.29, 0.717) is 25.9 Å². The molecule has 0 amide bonds. The molecule has 7 heteroatoms. The summed E-state index contributed by atoms with van der Waals surface area (Å²) < 4.78 is 37.5. The molecule has 0 spiro atoms. The number of sulfonamides is 1. The van der Waals surface area contributed by atoms with Crippen LogP contribution in [0.25, 0.3) is 0 Å². The van der Waals surface area contributed by atoms with Gasteiger partial charge in [-0.05, 0) is 44.0 Å². The van der Waals surface area contributed by atoms with Gasteiger partial charge >= 0.3 is 5.97 Å². The standard InChI is InChI=1S/C21H25NO5S/c1-17-7-9-19(10-8-17)26-15-16-27-21(23)18-11-13-22(14-12-18)28(24,25)20-5-3-2-4-6-20/h2-10,18H,11-16H2,1H3. The van der Waals surface area contributed by atoms with Gasteiger partial charge in [-0.25, -0.2) is 8.42 Å². The topological polar surface area (TPSA) is 72.9 Å². The van der Waals surface area contributed by atoms with Gasteiger partial charge in [0.2, 0.25) is 10.0 Å². The van der Waals surface area contributed by atoms with Gasteiger partial charge in [-0.3, -0.25) is 4.79 Å². The molecule has 0 saturated carbocycles. The van der Waals surface area contributed by atoms with Gasteiger partial charge in [0, 0.05) is 13.1 Å². The van der Waals surface area contributed by atoms with Crippen molar-refractivity contribution in [2.24, 2.45) is 5.92 Å². The van der Waals surface area contributed by atoms with Crippen LogP contribution >= 0.6 is 0 Å². The fraction of sp³-hybridized carbons (Fsp3) is 0.381. The molecule has 0 aliphatic carbocycles. The van der Waals surface area contributed by atoms with Gasteiger partial charge in [0.1, 0.15) is 19.0 Å². The van der Waals surface area contributed by atoms with Crippen LogP contribution in [0.15, 0.2) is 59.5 Å². The van der Waals surface area contributed by atoms with Crippen molar-refractivity contribution in [3.63, 3.8) is 0 Å². The molecule has 1 heterocycles. The average molecular weight is 404 g/mol. The number of carbonyl (C=O) groups is 1. The fourth-order valence-corrected chi connectivity index (χ4v) is 4.62. The van der Waals surface area contributed by atoms with Crippen molar-refractivity contribution in [1.82, 2.24) is 4.31 Å². The lowest BCUT2D eigenvalue weighted by molar-refractivity contribution is -0.150. The summed E-state index contributed by atoms with van der Waals surface area (Å²) in [6.07, 6.45) is 0.924. The molecule has 0 N–H and O–H groups in total. The highest BCUT2D eigenvalue weighted by molar-refractivity contribution is 7.89. The SMILES string of the molecule is Cc1ccc(OCCOC(=O)C2CCN(S(=O)(=O)c3ccccc3)CC2)cc1. The van der Waals surface area contributed by atoms with Crippen molar-refractivity contribution < 1.29 is 22.7 Å². The first kappa shape index (κ1) is 20.4. The molecule has 28 heavy (non-hydrogen) atoms. The highest BCUT2D eigenvalue weighted by atomic mass is 32.2. The Hall–Kier alpha value is -2.38. The summed E-state index contributed by atoms with van der Waals surface area (Å²) in [6, 6.07) is 16.0. The number of ether oxygens (including phenoxy) is 2. The largest absolute Gasteiger partial charge is 0.490 e. The normalized spacial score (nSPS) is 15.9. The molecule has 0 atom stereocenters. The van der Waals surface area contributed by atoms with Crippen molar-refractivity contribution >= 4 is 16.0 Å². The molecule has 0 bridgehead atoms. The Morgan fingerprint density at radius 1 is 1.00 bits per heavy atom. The van der Waals surface area contributed by atoms with Crippen LogP contribution in [0.1, 0.15) is 18.4 Å². The number of piperidine rings is 1. The third-order valence-electron chi connectivity index (χ3n) is 4.79. The van der Waals surface area contributed by atoms with Crippen LogP contribution in [0, 0.1) is 12.8 Å². The lowest BCUT2D eigenvalue weighted by atomic mass is 9.98. The molecule has 0 aromatic heterocycles. The summed E-state index contributed by atoms with van der Waals surface area (Å²) in [6.45, 7) is 3.10. The van der Waals surface area contributed by atoms with Crippen molar-refractivity contribution in [3.05, 3.63) is 60.2 Å². The van der Waals surface area contributed by atoms with Gasteiger partial charge in [0.25, 0.3) is 0 Å². The average Bonchev–Trinajstić information content (AvgIpc) is 2.73. The monoisotopic (exact) mass is 403 g/mol. The maximum Gasteiger partial charge on any atom is 0.309 e. The molecule has 2 aromatic rings. The number of hydrogen-bond acceptors (Lipinski definition) is 5. The summed E-state index contributed by atoms with van der Waals surface area (Å²) in [5.74, 6) is 0.173. The smallest absolute Gasteiger partial charge is 0.309 e. The van der Waals surface area contributed by atoms with E-state index in [9.17, 15) is 13.2 Å². The van der Waals surface area contributed by atoms with Gasteiger partial charge in [-0.15, -0.1) is 0 Å². The number of carbonyl (C=O) groups excluding carboxylic acids is 1. The van der Waals surface area contributed by atoms with E-state index in [1.807, 2.05) is 31.2 Å². The van der Waals surface area contributed by atoms with Gasteiger partial charge in [-0.1, -0.05) is 35.9 Å². The zero-order valence-corrected chi connectivity index (χ0v) is 16.7. The maximum atomic E-state index is 12.6. The molecule has 1 fully saturated rings. The van der Waals surface area contributed by atoms with Crippen LogP contribution in [0.2, 0.25) is 0 Å². The van der Waals surface area contributed by atoms with Crippen LogP contribution in [0.3, 0.4) is 0 Å². The highest BCUT2D eigenvalue weighted by Crippen LogP contribution is 2.24. The first-order valence-corrected chi connectivity index (χ1v) is 10.8. The number of benzene rings is 2. The van der Waals surface area contributed by atoms with E-state index in [2.05, 4.69) is 0 Å². The van der Waals surface area contributed by atoms with Crippen molar-refractivity contribution in [3.8, 4) is 5.75 Å². The van der Waals surface area contributed by atoms with Crippen LogP contribution in [-0.2, 0) is 19.6 Å². The number of hydrogen-bond donors (Lipinski definition) is 0. The van der Waals surface area contributed by atoms with E-state index in [1.165, 1.54) is 4.31 Å². The van der Waals surface area contributed by atoms with E-state index in [0.717, 1.165) is 11.3 Å². The molecular weight excluding hydrogens is 378 g/mol. The molecule has 2 aromatic carbocycles. The second-order valence-electron chi connectivity index (χ2n) is 6.82. The first-order chi connectivity index (χ1) is 13.5. The number of esters is 1. The zero-order valence-electron chi connectivity index (χ0n) is 15.9. The Morgan fingerprint density at radius 2 is 1.64 bits per heavy atom. The van der Waals surface area contributed by atoms with E-state index < -0.39 is 10.0 Å². The highest BCUT2D eigenvalue weighted by Gasteiger charge is 2.32. The van der Waals surface area contributed by atoms with Crippen LogP contribution in [-0.4, -0.2) is 45.0 Å². The number of nitrogens with zero attached hydrogens (tertiary/aromatic N) is 1. The molecular formula is C21H25NO5S. The molecule has 3 rings (SSSR count). The van der Waals surface area contributed by atoms with Crippen LogP contribution < -0.4 is 4.74 Å². The number of aryl methyl sites for hydroxylation is 1. The quantitative estimate of drug-likeness (QED) is 0.525. The van der Waals surface area contributed by atoms with Gasteiger partial charge < -0.3 is 9.47 Å². The molecule has 0 unspecified atom stereocenters. The Bertz CT molecular complexity index is 873. The Labute approximate surface area is 166 Å². The molecule has 6 nitrogen and oxygen atoms in total. The Morgan fingerprint density at radius 3 is 2.29 bits per heavy atom. The van der Waals surface area contributed by atoms with E-state index in [-0.39, 0.29) is 30.0 Å². The molecule has 1 aliphatic rings. The lowest BCUT2D eigenvalue weighted by Gasteiger charge is -2.30. The minimum Gasteiger partial charge on any atom is -0.490 e. The summed E-state index contributed by atoms with van der Waals surface area (Å²) >= 11 is 0. The van der Waals surface area contributed by atoms with Crippen LogP contribution in [0.4, 0.5) is 0 Å². The predicted molar refractivity (Wildman–Crippen MR) is 106 cm³/mol. The predicted octanol–water partition coefficient (Wildman–Crippen LogP) is 3.02. The third kappa shape index (κ3) is 5.11. The fourth-order valence-electron chi connectivity index (χ4n) is 3.13. The summed E-state index contributed by atoms with van der Waals surface area (Å²) in [7, 11) is -3.50. The second-order valence-corrected chi connectivity index (χ2v) is 8.76. The molecule has 150 valence electrons. The minimum atomic E-state index is -3.50. The minimum absolute atomic E-state index is 0.176. The molecule has 1 saturated heterocycles.